The molecule has 10 heteroatoms. The summed E-state index contributed by atoms with van der Waals surface area (Å²) in [7, 11) is 0. The zero-order valence-corrected chi connectivity index (χ0v) is 33.9. The van der Waals surface area contributed by atoms with Crippen molar-refractivity contribution in [2.45, 2.75) is 169 Å². The number of aliphatic hydroxyl groups excluding tert-OH is 4. The smallest absolute Gasteiger partial charge is 0.303 e. The molecule has 0 heterocycles. The number of carboxylic acids is 2. The summed E-state index contributed by atoms with van der Waals surface area (Å²) in [6, 6.07) is 0. The van der Waals surface area contributed by atoms with Crippen LogP contribution in [0.3, 0.4) is 0 Å². The van der Waals surface area contributed by atoms with Gasteiger partial charge in [-0.1, -0.05) is 116 Å². The first-order valence-electron chi connectivity index (χ1n) is 20.3. The second-order valence-corrected chi connectivity index (χ2v) is 16.7. The lowest BCUT2D eigenvalue weighted by Gasteiger charge is -2.29. The third-order valence-corrected chi connectivity index (χ3v) is 11.1. The zero-order chi connectivity index (χ0) is 40.9. The standard InChI is InChI=1S/2C22H36O5/c2*1-4-5-14-22(2,3)20(25)13-12-17-16(18(23)15-19(17)24)10-8-6-7-9-11-21(26)27/h2*6,8,12-13,16-17,19-20,24-25H,4-5,7,9-11,14-15H2,1-3H3,(H,26,27)/b2*8-6-,13-12+/t2*16-,17-,19-,20-/m11/s1. The molecule has 308 valence electrons. The Kier molecular flexibility index (Phi) is 23.0. The number of aliphatic carboxylic acids is 2. The summed E-state index contributed by atoms with van der Waals surface area (Å²) in [6.07, 6.45) is 22.4. The molecule has 2 aliphatic carbocycles. The van der Waals surface area contributed by atoms with Gasteiger partial charge in [0.2, 0.25) is 0 Å². The first-order valence-corrected chi connectivity index (χ1v) is 20.3. The van der Waals surface area contributed by atoms with Crippen LogP contribution >= 0.6 is 0 Å². The van der Waals surface area contributed by atoms with E-state index in [9.17, 15) is 39.6 Å². The average molecular weight is 761 g/mol. The minimum atomic E-state index is -0.803. The van der Waals surface area contributed by atoms with Gasteiger partial charge < -0.3 is 30.6 Å². The molecule has 2 saturated carbocycles. The summed E-state index contributed by atoms with van der Waals surface area (Å²) >= 11 is 0. The Morgan fingerprint density at radius 3 is 1.31 bits per heavy atom. The number of rotatable bonds is 24. The Balaban J connectivity index is 0.000000540. The van der Waals surface area contributed by atoms with E-state index in [4.69, 9.17) is 10.2 Å². The van der Waals surface area contributed by atoms with Crippen molar-refractivity contribution in [2.75, 3.05) is 0 Å². The predicted molar refractivity (Wildman–Crippen MR) is 213 cm³/mol. The van der Waals surface area contributed by atoms with Crippen molar-refractivity contribution < 1.29 is 49.8 Å². The van der Waals surface area contributed by atoms with Gasteiger partial charge in [-0.3, -0.25) is 19.2 Å². The van der Waals surface area contributed by atoms with Crippen LogP contribution in [-0.4, -0.2) is 78.6 Å². The highest BCUT2D eigenvalue weighted by Gasteiger charge is 2.40. The van der Waals surface area contributed by atoms with E-state index >= 15 is 0 Å². The molecule has 0 aromatic heterocycles. The van der Waals surface area contributed by atoms with Gasteiger partial charge in [0, 0.05) is 49.4 Å². The van der Waals surface area contributed by atoms with E-state index < -0.39 is 36.4 Å². The molecule has 2 aliphatic rings. The highest BCUT2D eigenvalue weighted by Crippen LogP contribution is 2.36. The van der Waals surface area contributed by atoms with E-state index in [1.165, 1.54) is 0 Å². The van der Waals surface area contributed by atoms with Crippen LogP contribution in [0.2, 0.25) is 0 Å². The second kappa shape index (κ2) is 25.3. The Labute approximate surface area is 324 Å². The fourth-order valence-corrected chi connectivity index (χ4v) is 7.07. The van der Waals surface area contributed by atoms with Gasteiger partial charge in [-0.05, 0) is 62.2 Å². The van der Waals surface area contributed by atoms with Crippen LogP contribution in [-0.2, 0) is 19.2 Å². The maximum atomic E-state index is 12.2. The number of carbonyl (C=O) groups is 4. The number of aliphatic hydroxyl groups is 4. The van der Waals surface area contributed by atoms with E-state index in [0.717, 1.165) is 38.5 Å². The van der Waals surface area contributed by atoms with Crippen molar-refractivity contribution in [3.8, 4) is 0 Å². The van der Waals surface area contributed by atoms with E-state index in [1.54, 1.807) is 12.2 Å². The lowest BCUT2D eigenvalue weighted by atomic mass is 9.80. The first-order chi connectivity index (χ1) is 25.4. The Morgan fingerprint density at radius 2 is 1.00 bits per heavy atom. The Morgan fingerprint density at radius 1 is 0.648 bits per heavy atom. The van der Waals surface area contributed by atoms with Gasteiger partial charge in [-0.25, -0.2) is 0 Å². The fraction of sp³-hybridized carbons (Fsp3) is 0.727. The normalized spacial score (nSPS) is 24.9. The number of unbranched alkanes of at least 4 members (excludes halogenated alkanes) is 4. The number of ketones is 2. The van der Waals surface area contributed by atoms with Gasteiger partial charge >= 0.3 is 11.9 Å². The highest BCUT2D eigenvalue weighted by atomic mass is 16.4. The van der Waals surface area contributed by atoms with Gasteiger partial charge in [0.25, 0.3) is 0 Å². The van der Waals surface area contributed by atoms with Crippen LogP contribution in [0.15, 0.2) is 48.6 Å². The molecule has 0 amide bonds. The van der Waals surface area contributed by atoms with E-state index in [2.05, 4.69) is 13.8 Å². The largest absolute Gasteiger partial charge is 0.481 e. The predicted octanol–water partition coefficient (Wildman–Crippen LogP) is 7.77. The summed E-state index contributed by atoms with van der Waals surface area (Å²) in [6.45, 7) is 12.4. The van der Waals surface area contributed by atoms with E-state index in [1.807, 2.05) is 64.2 Å². The maximum absolute atomic E-state index is 12.2. The highest BCUT2D eigenvalue weighted by molar-refractivity contribution is 5.85. The summed E-state index contributed by atoms with van der Waals surface area (Å²) in [4.78, 5) is 45.4. The summed E-state index contributed by atoms with van der Waals surface area (Å²) in [5, 5.41) is 58.8. The van der Waals surface area contributed by atoms with E-state index in [0.29, 0.717) is 38.5 Å². The monoisotopic (exact) mass is 761 g/mol. The van der Waals surface area contributed by atoms with Crippen LogP contribution in [0.5, 0.6) is 0 Å². The van der Waals surface area contributed by atoms with Crippen molar-refractivity contribution in [3.63, 3.8) is 0 Å². The molecule has 6 N–H and O–H groups in total. The molecule has 2 rings (SSSR count). The molecule has 0 saturated heterocycles. The van der Waals surface area contributed by atoms with Crippen molar-refractivity contribution in [1.82, 2.24) is 0 Å². The van der Waals surface area contributed by atoms with E-state index in [-0.39, 0.29) is 71.8 Å². The lowest BCUT2D eigenvalue weighted by molar-refractivity contribution is -0.138. The van der Waals surface area contributed by atoms with Gasteiger partial charge in [0.05, 0.1) is 24.4 Å². The molecule has 0 bridgehead atoms. The molecule has 54 heavy (non-hydrogen) atoms. The number of Topliss-reactive ketones (excluding diaryl/α,β-unsaturated/α-hetero) is 2. The van der Waals surface area contributed by atoms with Crippen molar-refractivity contribution in [3.05, 3.63) is 48.6 Å². The summed E-state index contributed by atoms with van der Waals surface area (Å²) < 4.78 is 0. The Bertz CT molecular complexity index is 1170. The summed E-state index contributed by atoms with van der Waals surface area (Å²) in [5.74, 6) is -2.63. The molecule has 0 unspecified atom stereocenters. The van der Waals surface area contributed by atoms with Crippen LogP contribution in [0.1, 0.15) is 144 Å². The molecule has 10 nitrogen and oxygen atoms in total. The number of hydrogen-bond donors (Lipinski definition) is 6. The average Bonchev–Trinajstić information content (AvgIpc) is 3.53. The minimum absolute atomic E-state index is 0.0482. The first kappa shape index (κ1) is 49.1. The second-order valence-electron chi connectivity index (χ2n) is 16.7. The molecule has 8 atom stereocenters. The third-order valence-electron chi connectivity index (χ3n) is 11.1. The van der Waals surface area contributed by atoms with Gasteiger partial charge in [-0.15, -0.1) is 0 Å². The minimum Gasteiger partial charge on any atom is -0.481 e. The van der Waals surface area contributed by atoms with Crippen LogP contribution < -0.4 is 0 Å². The molecule has 0 aliphatic heterocycles. The molecule has 0 spiro atoms. The summed E-state index contributed by atoms with van der Waals surface area (Å²) in [5.41, 5.74) is -0.473. The lowest BCUT2D eigenvalue weighted by Crippen LogP contribution is -2.28. The van der Waals surface area contributed by atoms with Crippen molar-refractivity contribution >= 4 is 23.5 Å². The third kappa shape index (κ3) is 18.1. The van der Waals surface area contributed by atoms with Crippen LogP contribution in [0.25, 0.3) is 0 Å². The van der Waals surface area contributed by atoms with Crippen LogP contribution in [0, 0.1) is 34.5 Å². The Hall–Kier alpha value is -2.92. The molecule has 0 aromatic rings. The van der Waals surface area contributed by atoms with Gasteiger partial charge in [-0.2, -0.15) is 0 Å². The molecule has 0 aromatic carbocycles. The van der Waals surface area contributed by atoms with Crippen LogP contribution in [0.4, 0.5) is 0 Å². The molecular formula is C44H72O10. The number of hydrogen-bond acceptors (Lipinski definition) is 8. The van der Waals surface area contributed by atoms with Gasteiger partial charge in [0.15, 0.2) is 0 Å². The number of carbonyl (C=O) groups excluding carboxylic acids is 2. The molecular weight excluding hydrogens is 688 g/mol. The number of carboxylic acid groups (broad SMARTS) is 2. The SMILES string of the molecule is CCCCC(C)(C)[C@H](O)/C=C/[C@H]1[C@H](O)CC(=O)[C@@H]1C/C=C\CCCC(=O)O.CCCCC(C)(C)[C@H](O)/C=C/[C@H]1[C@H](O)CC(=O)[C@@H]1C/C=C\CCCC(=O)O. The van der Waals surface area contributed by atoms with Crippen molar-refractivity contribution in [1.29, 1.82) is 0 Å². The fourth-order valence-electron chi connectivity index (χ4n) is 7.07. The number of allylic oxidation sites excluding steroid dienone is 4. The topological polar surface area (TPSA) is 190 Å². The molecule has 2 fully saturated rings. The van der Waals surface area contributed by atoms with Crippen molar-refractivity contribution in [2.24, 2.45) is 34.5 Å². The molecule has 0 radical (unpaired) electrons. The maximum Gasteiger partial charge on any atom is 0.303 e. The zero-order valence-electron chi connectivity index (χ0n) is 33.9. The quantitative estimate of drug-likeness (QED) is 0.0419. The van der Waals surface area contributed by atoms with Gasteiger partial charge in [0.1, 0.15) is 11.6 Å².